The average molecular weight is 313 g/mol. The van der Waals surface area contributed by atoms with E-state index in [4.69, 9.17) is 10.5 Å². The van der Waals surface area contributed by atoms with Crippen molar-refractivity contribution in [3.8, 4) is 11.5 Å². The quantitative estimate of drug-likeness (QED) is 0.877. The van der Waals surface area contributed by atoms with E-state index in [1.54, 1.807) is 19.2 Å². The summed E-state index contributed by atoms with van der Waals surface area (Å²) in [5, 5.41) is 9.66. The van der Waals surface area contributed by atoms with Gasteiger partial charge in [0, 0.05) is 5.92 Å². The fourth-order valence-corrected chi connectivity index (χ4v) is 2.81. The van der Waals surface area contributed by atoms with Crippen molar-refractivity contribution in [2.45, 2.75) is 38.5 Å². The molecule has 0 saturated heterocycles. The highest BCUT2D eigenvalue weighted by atomic mass is 16.5. The van der Waals surface area contributed by atoms with Crippen LogP contribution in [-0.4, -0.2) is 18.8 Å². The van der Waals surface area contributed by atoms with Crippen molar-refractivity contribution in [2.75, 3.05) is 13.7 Å². The molecule has 1 unspecified atom stereocenters. The van der Waals surface area contributed by atoms with Crippen LogP contribution in [0.1, 0.15) is 43.4 Å². The number of phenols is 1. The number of methoxy groups -OCH3 is 1. The second-order valence-corrected chi connectivity index (χ2v) is 7.01. The van der Waals surface area contributed by atoms with Crippen LogP contribution in [0.3, 0.4) is 0 Å². The van der Waals surface area contributed by atoms with Crippen LogP contribution in [0.15, 0.2) is 42.5 Å². The normalized spacial score (nSPS) is 12.9. The van der Waals surface area contributed by atoms with Gasteiger partial charge in [0.25, 0.3) is 0 Å². The first-order valence-electron chi connectivity index (χ1n) is 8.01. The van der Waals surface area contributed by atoms with Crippen LogP contribution < -0.4 is 10.5 Å². The van der Waals surface area contributed by atoms with Gasteiger partial charge in [-0.2, -0.15) is 0 Å². The number of rotatable bonds is 5. The number of ether oxygens (including phenoxy) is 1. The summed E-state index contributed by atoms with van der Waals surface area (Å²) in [5.41, 5.74) is 9.60. The van der Waals surface area contributed by atoms with Gasteiger partial charge in [0.15, 0.2) is 0 Å². The molecule has 3 nitrogen and oxygen atoms in total. The number of nitrogens with two attached hydrogens (primary N) is 1. The van der Waals surface area contributed by atoms with Crippen LogP contribution in [0, 0.1) is 0 Å². The monoisotopic (exact) mass is 313 g/mol. The SMILES string of the molecule is COc1ccc(C(C)(C)C)cc1C(CN)Cc1cccc(O)c1. The molecule has 23 heavy (non-hydrogen) atoms. The van der Waals surface area contributed by atoms with Gasteiger partial charge in [-0.25, -0.2) is 0 Å². The summed E-state index contributed by atoms with van der Waals surface area (Å²) in [4.78, 5) is 0. The maximum absolute atomic E-state index is 9.66. The van der Waals surface area contributed by atoms with E-state index in [1.807, 2.05) is 18.2 Å². The molecular weight excluding hydrogens is 286 g/mol. The fourth-order valence-electron chi connectivity index (χ4n) is 2.81. The van der Waals surface area contributed by atoms with E-state index in [2.05, 4.69) is 32.9 Å². The highest BCUT2D eigenvalue weighted by Gasteiger charge is 2.20. The Balaban J connectivity index is 2.39. The Bertz CT molecular complexity index is 659. The highest BCUT2D eigenvalue weighted by molar-refractivity contribution is 5.43. The van der Waals surface area contributed by atoms with Gasteiger partial charge < -0.3 is 15.6 Å². The van der Waals surface area contributed by atoms with Gasteiger partial charge in [-0.3, -0.25) is 0 Å². The topological polar surface area (TPSA) is 55.5 Å². The maximum atomic E-state index is 9.66. The molecule has 3 N–H and O–H groups in total. The number of phenolic OH excluding ortho intramolecular Hbond substituents is 1. The van der Waals surface area contributed by atoms with Gasteiger partial charge in [-0.15, -0.1) is 0 Å². The van der Waals surface area contributed by atoms with Gasteiger partial charge >= 0.3 is 0 Å². The summed E-state index contributed by atoms with van der Waals surface area (Å²) in [5.74, 6) is 1.30. The number of hydrogen-bond acceptors (Lipinski definition) is 3. The van der Waals surface area contributed by atoms with Crippen molar-refractivity contribution < 1.29 is 9.84 Å². The zero-order chi connectivity index (χ0) is 17.0. The Kier molecular flexibility index (Phi) is 5.32. The Morgan fingerprint density at radius 1 is 1.13 bits per heavy atom. The Labute approximate surface area is 139 Å². The minimum atomic E-state index is 0.0746. The van der Waals surface area contributed by atoms with Crippen LogP contribution in [0.2, 0.25) is 0 Å². The molecule has 0 aliphatic heterocycles. The smallest absolute Gasteiger partial charge is 0.122 e. The lowest BCUT2D eigenvalue weighted by molar-refractivity contribution is 0.404. The van der Waals surface area contributed by atoms with Gasteiger partial charge in [0.1, 0.15) is 11.5 Å². The van der Waals surface area contributed by atoms with Crippen LogP contribution in [0.25, 0.3) is 0 Å². The second-order valence-electron chi connectivity index (χ2n) is 7.01. The first-order chi connectivity index (χ1) is 10.8. The minimum absolute atomic E-state index is 0.0746. The molecule has 1 atom stereocenters. The second kappa shape index (κ2) is 7.05. The Hall–Kier alpha value is -2.00. The van der Waals surface area contributed by atoms with Crippen LogP contribution >= 0.6 is 0 Å². The third-order valence-corrected chi connectivity index (χ3v) is 4.21. The van der Waals surface area contributed by atoms with Crippen molar-refractivity contribution >= 4 is 0 Å². The first kappa shape index (κ1) is 17.4. The molecule has 0 fully saturated rings. The third-order valence-electron chi connectivity index (χ3n) is 4.21. The van der Waals surface area contributed by atoms with E-state index in [9.17, 15) is 5.11 Å². The molecule has 0 saturated carbocycles. The molecule has 0 radical (unpaired) electrons. The summed E-state index contributed by atoms with van der Waals surface area (Å²) < 4.78 is 5.55. The zero-order valence-corrected chi connectivity index (χ0v) is 14.5. The number of benzene rings is 2. The van der Waals surface area contributed by atoms with Gasteiger partial charge in [0.05, 0.1) is 7.11 Å². The highest BCUT2D eigenvalue weighted by Crippen LogP contribution is 2.34. The van der Waals surface area contributed by atoms with Crippen molar-refractivity contribution in [1.29, 1.82) is 0 Å². The van der Waals surface area contributed by atoms with Gasteiger partial charge in [-0.05, 0) is 53.3 Å². The van der Waals surface area contributed by atoms with Gasteiger partial charge in [0.2, 0.25) is 0 Å². The predicted octanol–water partition coefficient (Wildman–Crippen LogP) is 3.98. The minimum Gasteiger partial charge on any atom is -0.508 e. The van der Waals surface area contributed by atoms with E-state index in [-0.39, 0.29) is 17.1 Å². The van der Waals surface area contributed by atoms with E-state index in [1.165, 1.54) is 5.56 Å². The van der Waals surface area contributed by atoms with Crippen molar-refractivity contribution in [1.82, 2.24) is 0 Å². The van der Waals surface area contributed by atoms with Gasteiger partial charge in [-0.1, -0.05) is 45.0 Å². The number of hydrogen-bond donors (Lipinski definition) is 2. The molecule has 0 aliphatic carbocycles. The summed E-state index contributed by atoms with van der Waals surface area (Å²) in [7, 11) is 1.69. The standard InChI is InChI=1S/C20H27NO2/c1-20(2,3)16-8-9-19(23-4)18(12-16)15(13-21)10-14-6-5-7-17(22)11-14/h5-9,11-12,15,22H,10,13,21H2,1-4H3. The Morgan fingerprint density at radius 2 is 1.87 bits per heavy atom. The van der Waals surface area contributed by atoms with Crippen molar-refractivity contribution in [3.63, 3.8) is 0 Å². The lowest BCUT2D eigenvalue weighted by Crippen LogP contribution is -2.18. The van der Waals surface area contributed by atoms with Crippen molar-refractivity contribution in [2.24, 2.45) is 5.73 Å². The summed E-state index contributed by atoms with van der Waals surface area (Å²) in [6.45, 7) is 7.13. The predicted molar refractivity (Wildman–Crippen MR) is 95.3 cm³/mol. The molecule has 0 amide bonds. The summed E-state index contributed by atoms with van der Waals surface area (Å²) in [6.07, 6.45) is 0.773. The number of aromatic hydroxyl groups is 1. The first-order valence-corrected chi connectivity index (χ1v) is 8.01. The van der Waals surface area contributed by atoms with Crippen LogP contribution in [-0.2, 0) is 11.8 Å². The summed E-state index contributed by atoms with van der Waals surface area (Å²) in [6, 6.07) is 13.7. The third kappa shape index (κ3) is 4.26. The van der Waals surface area contributed by atoms with Crippen LogP contribution in [0.4, 0.5) is 0 Å². The average Bonchev–Trinajstić information content (AvgIpc) is 2.51. The lowest BCUT2D eigenvalue weighted by atomic mass is 9.83. The largest absolute Gasteiger partial charge is 0.508 e. The molecule has 124 valence electrons. The molecule has 3 heteroatoms. The van der Waals surface area contributed by atoms with E-state index in [0.717, 1.165) is 23.3 Å². The van der Waals surface area contributed by atoms with Crippen LogP contribution in [0.5, 0.6) is 11.5 Å². The lowest BCUT2D eigenvalue weighted by Gasteiger charge is -2.24. The molecule has 2 rings (SSSR count). The fraction of sp³-hybridized carbons (Fsp3) is 0.400. The maximum Gasteiger partial charge on any atom is 0.122 e. The molecule has 0 aromatic heterocycles. The Morgan fingerprint density at radius 3 is 2.43 bits per heavy atom. The molecule has 0 heterocycles. The molecule has 0 spiro atoms. The van der Waals surface area contributed by atoms with E-state index >= 15 is 0 Å². The van der Waals surface area contributed by atoms with E-state index in [0.29, 0.717) is 6.54 Å². The molecule has 2 aromatic rings. The molecule has 0 aliphatic rings. The van der Waals surface area contributed by atoms with E-state index < -0.39 is 0 Å². The molecular formula is C20H27NO2. The summed E-state index contributed by atoms with van der Waals surface area (Å²) >= 11 is 0. The zero-order valence-electron chi connectivity index (χ0n) is 14.5. The molecule has 2 aromatic carbocycles. The molecule has 0 bridgehead atoms. The van der Waals surface area contributed by atoms with Crippen molar-refractivity contribution in [3.05, 3.63) is 59.2 Å².